The van der Waals surface area contributed by atoms with Crippen LogP contribution in [0, 0.1) is 6.92 Å². The zero-order chi connectivity index (χ0) is 14.5. The third-order valence-electron chi connectivity index (χ3n) is 3.27. The quantitative estimate of drug-likeness (QED) is 0.714. The minimum Gasteiger partial charge on any atom is -0.467 e. The fraction of sp³-hybridized carbons (Fsp3) is 0.111. The lowest BCUT2D eigenvalue weighted by molar-refractivity contribution is 0.483. The van der Waals surface area contributed by atoms with Crippen molar-refractivity contribution in [3.63, 3.8) is 0 Å². The maximum atomic E-state index is 5.92. The molecule has 0 saturated carbocycles. The van der Waals surface area contributed by atoms with E-state index in [1.165, 1.54) is 0 Å². The van der Waals surface area contributed by atoms with E-state index in [-0.39, 0.29) is 0 Å². The van der Waals surface area contributed by atoms with Crippen LogP contribution in [0.2, 0.25) is 0 Å². The van der Waals surface area contributed by atoms with Crippen molar-refractivity contribution < 1.29 is 9.15 Å². The molecule has 0 aliphatic rings. The number of furan rings is 1. The van der Waals surface area contributed by atoms with Gasteiger partial charge in [0.1, 0.15) is 11.5 Å². The molecule has 1 N–H and O–H groups in total. The van der Waals surface area contributed by atoms with Gasteiger partial charge in [0.05, 0.1) is 18.5 Å². The smallest absolute Gasteiger partial charge is 0.150 e. The molecule has 0 amide bonds. The number of anilines is 1. The first-order valence-electron chi connectivity index (χ1n) is 6.92. The first kappa shape index (κ1) is 13.3. The number of hydrogen-bond acceptors (Lipinski definition) is 3. The van der Waals surface area contributed by atoms with E-state index in [9.17, 15) is 0 Å². The second kappa shape index (κ2) is 6.18. The first-order valence-corrected chi connectivity index (χ1v) is 6.92. The fourth-order valence-corrected chi connectivity index (χ4v) is 2.08. The van der Waals surface area contributed by atoms with Crippen molar-refractivity contribution in [1.82, 2.24) is 0 Å². The van der Waals surface area contributed by atoms with E-state index in [1.54, 1.807) is 6.26 Å². The average Bonchev–Trinajstić information content (AvgIpc) is 2.93. The third kappa shape index (κ3) is 3.26. The molecule has 0 bridgehead atoms. The molecule has 1 aromatic heterocycles. The van der Waals surface area contributed by atoms with Gasteiger partial charge in [-0.15, -0.1) is 0 Å². The van der Waals surface area contributed by atoms with E-state index in [2.05, 4.69) is 5.32 Å². The number of hydrogen-bond donors (Lipinski definition) is 1. The summed E-state index contributed by atoms with van der Waals surface area (Å²) in [6.07, 6.45) is 1.71. The first-order chi connectivity index (χ1) is 10.3. The average molecular weight is 279 g/mol. The Balaban J connectivity index is 1.75. The number of nitrogens with one attached hydrogen (secondary N) is 1. The molecule has 1 heterocycles. The van der Waals surface area contributed by atoms with E-state index in [4.69, 9.17) is 9.15 Å². The van der Waals surface area contributed by atoms with Gasteiger partial charge in [0, 0.05) is 0 Å². The normalized spacial score (nSPS) is 10.3. The van der Waals surface area contributed by atoms with Crippen LogP contribution in [0.15, 0.2) is 71.3 Å². The van der Waals surface area contributed by atoms with Gasteiger partial charge < -0.3 is 14.5 Å². The van der Waals surface area contributed by atoms with Crippen LogP contribution in [-0.4, -0.2) is 0 Å². The van der Waals surface area contributed by atoms with Crippen molar-refractivity contribution >= 4 is 5.69 Å². The van der Waals surface area contributed by atoms with Gasteiger partial charge in [-0.2, -0.15) is 0 Å². The van der Waals surface area contributed by atoms with Crippen molar-refractivity contribution in [1.29, 1.82) is 0 Å². The Labute approximate surface area is 124 Å². The summed E-state index contributed by atoms with van der Waals surface area (Å²) in [7, 11) is 0. The van der Waals surface area contributed by atoms with E-state index in [1.807, 2.05) is 67.6 Å². The zero-order valence-corrected chi connectivity index (χ0v) is 11.9. The number of aryl methyl sites for hydroxylation is 1. The van der Waals surface area contributed by atoms with Crippen molar-refractivity contribution in [3.05, 3.63) is 78.3 Å². The Morgan fingerprint density at radius 1 is 0.952 bits per heavy atom. The van der Waals surface area contributed by atoms with Gasteiger partial charge in [-0.3, -0.25) is 0 Å². The molecule has 0 fully saturated rings. The van der Waals surface area contributed by atoms with Crippen LogP contribution in [0.25, 0.3) is 0 Å². The maximum Gasteiger partial charge on any atom is 0.150 e. The van der Waals surface area contributed by atoms with Crippen molar-refractivity contribution in [2.75, 3.05) is 5.32 Å². The molecular weight excluding hydrogens is 262 g/mol. The lowest BCUT2D eigenvalue weighted by Crippen LogP contribution is -2.01. The molecule has 21 heavy (non-hydrogen) atoms. The highest BCUT2D eigenvalue weighted by Crippen LogP contribution is 2.29. The summed E-state index contributed by atoms with van der Waals surface area (Å²) in [6.45, 7) is 2.67. The summed E-state index contributed by atoms with van der Waals surface area (Å²) >= 11 is 0. The largest absolute Gasteiger partial charge is 0.467 e. The van der Waals surface area contributed by atoms with Crippen LogP contribution in [0.5, 0.6) is 11.5 Å². The molecule has 0 atom stereocenters. The Morgan fingerprint density at radius 3 is 2.48 bits per heavy atom. The van der Waals surface area contributed by atoms with Gasteiger partial charge >= 0.3 is 0 Å². The van der Waals surface area contributed by atoms with E-state index < -0.39 is 0 Å². The van der Waals surface area contributed by atoms with Gasteiger partial charge in [-0.25, -0.2) is 0 Å². The van der Waals surface area contributed by atoms with E-state index >= 15 is 0 Å². The zero-order valence-electron chi connectivity index (χ0n) is 11.9. The van der Waals surface area contributed by atoms with Crippen LogP contribution < -0.4 is 10.1 Å². The van der Waals surface area contributed by atoms with Crippen molar-refractivity contribution in [2.24, 2.45) is 0 Å². The molecule has 3 nitrogen and oxygen atoms in total. The van der Waals surface area contributed by atoms with Crippen LogP contribution in [-0.2, 0) is 6.54 Å². The standard InChI is InChI=1S/C18H17NO2/c1-14-11-12-20-18(14)13-19-16-9-5-6-10-17(16)21-15-7-3-2-4-8-15/h2-12,19H,13H2,1H3. The van der Waals surface area contributed by atoms with Crippen LogP contribution in [0.4, 0.5) is 5.69 Å². The predicted molar refractivity (Wildman–Crippen MR) is 83.7 cm³/mol. The van der Waals surface area contributed by atoms with E-state index in [0.29, 0.717) is 6.54 Å². The van der Waals surface area contributed by atoms with Crippen molar-refractivity contribution in [3.8, 4) is 11.5 Å². The Kier molecular flexibility index (Phi) is 3.92. The molecule has 3 aromatic rings. The molecule has 0 radical (unpaired) electrons. The number of rotatable bonds is 5. The Bertz CT molecular complexity index is 704. The molecule has 0 unspecified atom stereocenters. The lowest BCUT2D eigenvalue weighted by Gasteiger charge is -2.12. The molecule has 2 aromatic carbocycles. The van der Waals surface area contributed by atoms with Gasteiger partial charge in [-0.05, 0) is 42.8 Å². The number of ether oxygens (including phenoxy) is 1. The SMILES string of the molecule is Cc1ccoc1CNc1ccccc1Oc1ccccc1. The summed E-state index contributed by atoms with van der Waals surface area (Å²) in [5.41, 5.74) is 2.08. The molecular formula is C18H17NO2. The van der Waals surface area contributed by atoms with Crippen LogP contribution in [0.1, 0.15) is 11.3 Å². The summed E-state index contributed by atoms with van der Waals surface area (Å²) in [5.74, 6) is 2.55. The second-order valence-electron chi connectivity index (χ2n) is 4.79. The molecule has 106 valence electrons. The molecule has 0 saturated heterocycles. The molecule has 3 rings (SSSR count). The second-order valence-corrected chi connectivity index (χ2v) is 4.79. The summed E-state index contributed by atoms with van der Waals surface area (Å²) < 4.78 is 11.4. The van der Waals surface area contributed by atoms with Gasteiger partial charge in [0.15, 0.2) is 5.75 Å². The third-order valence-corrected chi connectivity index (χ3v) is 3.27. The number of para-hydroxylation sites is 3. The highest BCUT2D eigenvalue weighted by Gasteiger charge is 2.06. The minimum atomic E-state index is 0.633. The molecule has 0 spiro atoms. The highest BCUT2D eigenvalue weighted by atomic mass is 16.5. The molecule has 3 heteroatoms. The van der Waals surface area contributed by atoms with Crippen LogP contribution in [0.3, 0.4) is 0 Å². The maximum absolute atomic E-state index is 5.92. The summed E-state index contributed by atoms with van der Waals surface area (Å²) in [5, 5.41) is 3.36. The monoisotopic (exact) mass is 279 g/mol. The van der Waals surface area contributed by atoms with Gasteiger partial charge in [-0.1, -0.05) is 30.3 Å². The van der Waals surface area contributed by atoms with Gasteiger partial charge in [0.25, 0.3) is 0 Å². The van der Waals surface area contributed by atoms with Crippen molar-refractivity contribution in [2.45, 2.75) is 13.5 Å². The predicted octanol–water partition coefficient (Wildman–Crippen LogP) is 4.99. The summed E-state index contributed by atoms with van der Waals surface area (Å²) in [4.78, 5) is 0. The summed E-state index contributed by atoms with van der Waals surface area (Å²) in [6, 6.07) is 19.6. The molecule has 0 aliphatic carbocycles. The fourth-order valence-electron chi connectivity index (χ4n) is 2.08. The van der Waals surface area contributed by atoms with Gasteiger partial charge in [0.2, 0.25) is 0 Å². The Morgan fingerprint density at radius 2 is 1.71 bits per heavy atom. The Hall–Kier alpha value is -2.68. The lowest BCUT2D eigenvalue weighted by atomic mass is 10.2. The molecule has 0 aliphatic heterocycles. The highest BCUT2D eigenvalue weighted by molar-refractivity contribution is 5.57. The topological polar surface area (TPSA) is 34.4 Å². The minimum absolute atomic E-state index is 0.633. The van der Waals surface area contributed by atoms with E-state index in [0.717, 1.165) is 28.5 Å². The number of benzene rings is 2. The van der Waals surface area contributed by atoms with Crippen LogP contribution >= 0.6 is 0 Å².